The lowest BCUT2D eigenvalue weighted by Gasteiger charge is -2.18. The largest absolute Gasteiger partial charge is 0.274 e. The number of hydrogen-bond donors (Lipinski definition) is 0. The Kier molecular flexibility index (Phi) is 3.07. The molecule has 0 fully saturated rings. The van der Waals surface area contributed by atoms with E-state index in [-0.39, 0.29) is 17.1 Å². The molecule has 0 radical (unpaired) electrons. The third-order valence-electron chi connectivity index (χ3n) is 4.18. The van der Waals surface area contributed by atoms with Gasteiger partial charge >= 0.3 is 0 Å². The second-order valence-corrected chi connectivity index (χ2v) is 7.36. The molecule has 0 spiro atoms. The molecule has 0 unspecified atom stereocenters. The van der Waals surface area contributed by atoms with E-state index in [9.17, 15) is 18.5 Å². The Labute approximate surface area is 138 Å². The normalized spacial score (nSPS) is 14.9. The summed E-state index contributed by atoms with van der Waals surface area (Å²) in [6.45, 7) is -0.0761. The van der Waals surface area contributed by atoms with Gasteiger partial charge in [0, 0.05) is 11.5 Å². The Bertz CT molecular complexity index is 1090. The molecule has 0 aromatic heterocycles. The second kappa shape index (κ2) is 5.04. The first-order valence-corrected chi connectivity index (χ1v) is 8.71. The number of nitro benzene ring substituents is 1. The zero-order valence-corrected chi connectivity index (χ0v) is 13.2. The van der Waals surface area contributed by atoms with Crippen LogP contribution in [0.15, 0.2) is 65.6 Å². The van der Waals surface area contributed by atoms with E-state index in [1.165, 1.54) is 10.4 Å². The number of sulfonamides is 1. The zero-order chi connectivity index (χ0) is 16.9. The van der Waals surface area contributed by atoms with E-state index < -0.39 is 14.9 Å². The molecule has 0 saturated heterocycles. The minimum atomic E-state index is -3.73. The fourth-order valence-electron chi connectivity index (χ4n) is 3.11. The minimum Gasteiger partial charge on any atom is -0.261 e. The highest BCUT2D eigenvalue weighted by Gasteiger charge is 2.36. The van der Waals surface area contributed by atoms with Crippen LogP contribution in [0.1, 0.15) is 5.56 Å². The number of nitrogens with zero attached hydrogens (tertiary/aromatic N) is 2. The van der Waals surface area contributed by atoms with Gasteiger partial charge < -0.3 is 0 Å². The molecule has 0 saturated carbocycles. The maximum absolute atomic E-state index is 12.9. The summed E-state index contributed by atoms with van der Waals surface area (Å²) in [6.07, 6.45) is 0. The smallest absolute Gasteiger partial charge is 0.261 e. The van der Waals surface area contributed by atoms with E-state index in [0.29, 0.717) is 16.6 Å². The van der Waals surface area contributed by atoms with Gasteiger partial charge in [0.2, 0.25) is 0 Å². The van der Waals surface area contributed by atoms with Crippen molar-refractivity contribution in [1.29, 1.82) is 0 Å². The van der Waals surface area contributed by atoms with Crippen molar-refractivity contribution in [3.8, 4) is 0 Å². The number of nitro groups is 1. The van der Waals surface area contributed by atoms with Crippen LogP contribution in [0.25, 0.3) is 10.8 Å². The summed E-state index contributed by atoms with van der Waals surface area (Å²) >= 11 is 0. The third kappa shape index (κ3) is 1.98. The second-order valence-electron chi connectivity index (χ2n) is 5.53. The molecule has 6 nitrogen and oxygen atoms in total. The summed E-state index contributed by atoms with van der Waals surface area (Å²) in [5.41, 5.74) is 0.827. The SMILES string of the molecule is O=[N+]([O-])c1ccccc1CN1c2cccc3cccc(c23)S1(=O)=O. The number of hydrogen-bond acceptors (Lipinski definition) is 4. The Balaban J connectivity index is 1.90. The molecule has 1 heterocycles. The van der Waals surface area contributed by atoms with E-state index in [2.05, 4.69) is 0 Å². The van der Waals surface area contributed by atoms with Crippen LogP contribution < -0.4 is 4.31 Å². The fraction of sp³-hybridized carbons (Fsp3) is 0.0588. The van der Waals surface area contributed by atoms with Gasteiger partial charge in [-0.25, -0.2) is 8.42 Å². The van der Waals surface area contributed by atoms with Gasteiger partial charge in [-0.3, -0.25) is 14.4 Å². The van der Waals surface area contributed by atoms with E-state index in [4.69, 9.17) is 0 Å². The van der Waals surface area contributed by atoms with Gasteiger partial charge in [0.25, 0.3) is 15.7 Å². The molecule has 4 rings (SSSR count). The van der Waals surface area contributed by atoms with Crippen LogP contribution in [0.2, 0.25) is 0 Å². The molecule has 24 heavy (non-hydrogen) atoms. The molecule has 1 aliphatic rings. The summed E-state index contributed by atoms with van der Waals surface area (Å²) in [7, 11) is -3.73. The van der Waals surface area contributed by atoms with Gasteiger partial charge in [0.1, 0.15) is 0 Å². The molecule has 0 atom stereocenters. The predicted molar refractivity (Wildman–Crippen MR) is 90.4 cm³/mol. The standard InChI is InChI=1S/C17H12N2O4S/c20-19(21)14-8-2-1-5-13(14)11-18-15-9-3-6-12-7-4-10-16(17(12)15)24(18,22)23/h1-10H,11H2. The molecular formula is C17H12N2O4S. The zero-order valence-electron chi connectivity index (χ0n) is 12.4. The van der Waals surface area contributed by atoms with Crippen LogP contribution in [-0.4, -0.2) is 13.3 Å². The summed E-state index contributed by atoms with van der Waals surface area (Å²) in [5.74, 6) is 0. The molecule has 3 aromatic carbocycles. The van der Waals surface area contributed by atoms with Crippen molar-refractivity contribution in [2.75, 3.05) is 4.31 Å². The quantitative estimate of drug-likeness (QED) is 0.540. The van der Waals surface area contributed by atoms with Crippen molar-refractivity contribution in [2.24, 2.45) is 0 Å². The first kappa shape index (κ1) is 14.6. The van der Waals surface area contributed by atoms with Gasteiger partial charge in [-0.1, -0.05) is 42.5 Å². The van der Waals surface area contributed by atoms with Gasteiger partial charge in [-0.05, 0) is 17.5 Å². The molecular weight excluding hydrogens is 328 g/mol. The lowest BCUT2D eigenvalue weighted by Crippen LogP contribution is -2.26. The van der Waals surface area contributed by atoms with E-state index in [1.807, 2.05) is 12.1 Å². The van der Waals surface area contributed by atoms with E-state index in [1.54, 1.807) is 42.5 Å². The van der Waals surface area contributed by atoms with Crippen molar-refractivity contribution >= 4 is 32.2 Å². The highest BCUT2D eigenvalue weighted by atomic mass is 32.2. The maximum Gasteiger partial charge on any atom is 0.274 e. The van der Waals surface area contributed by atoms with Crippen LogP contribution in [0, 0.1) is 10.1 Å². The summed E-state index contributed by atoms with van der Waals surface area (Å²) < 4.78 is 27.1. The number of para-hydroxylation sites is 1. The van der Waals surface area contributed by atoms with Gasteiger partial charge in [0.15, 0.2) is 0 Å². The van der Waals surface area contributed by atoms with E-state index in [0.717, 1.165) is 5.39 Å². The van der Waals surface area contributed by atoms with Crippen molar-refractivity contribution in [1.82, 2.24) is 0 Å². The summed E-state index contributed by atoms with van der Waals surface area (Å²) in [6, 6.07) is 16.7. The highest BCUT2D eigenvalue weighted by Crippen LogP contribution is 2.43. The molecule has 1 aliphatic heterocycles. The lowest BCUT2D eigenvalue weighted by atomic mass is 10.1. The molecule has 0 aliphatic carbocycles. The fourth-order valence-corrected chi connectivity index (χ4v) is 4.79. The van der Waals surface area contributed by atoms with Crippen molar-refractivity contribution in [3.63, 3.8) is 0 Å². The van der Waals surface area contributed by atoms with Crippen LogP contribution >= 0.6 is 0 Å². The lowest BCUT2D eigenvalue weighted by molar-refractivity contribution is -0.385. The highest BCUT2D eigenvalue weighted by molar-refractivity contribution is 7.93. The van der Waals surface area contributed by atoms with E-state index >= 15 is 0 Å². The van der Waals surface area contributed by atoms with Crippen LogP contribution in [-0.2, 0) is 16.6 Å². The van der Waals surface area contributed by atoms with Gasteiger partial charge in [-0.2, -0.15) is 0 Å². The molecule has 120 valence electrons. The molecule has 0 N–H and O–H groups in total. The topological polar surface area (TPSA) is 80.5 Å². The van der Waals surface area contributed by atoms with Crippen LogP contribution in [0.5, 0.6) is 0 Å². The molecule has 7 heteroatoms. The monoisotopic (exact) mass is 340 g/mol. The van der Waals surface area contributed by atoms with Crippen molar-refractivity contribution in [3.05, 3.63) is 76.3 Å². The Hall–Kier alpha value is -2.93. The predicted octanol–water partition coefficient (Wildman–Crippen LogP) is 3.46. The van der Waals surface area contributed by atoms with Crippen molar-refractivity contribution in [2.45, 2.75) is 11.4 Å². The average molecular weight is 340 g/mol. The number of rotatable bonds is 3. The van der Waals surface area contributed by atoms with Crippen LogP contribution in [0.4, 0.5) is 11.4 Å². The first-order valence-electron chi connectivity index (χ1n) is 7.27. The Morgan fingerprint density at radius 3 is 2.42 bits per heavy atom. The first-order chi connectivity index (χ1) is 11.5. The van der Waals surface area contributed by atoms with Gasteiger partial charge in [-0.15, -0.1) is 0 Å². The minimum absolute atomic E-state index is 0.0761. The Morgan fingerprint density at radius 1 is 0.958 bits per heavy atom. The number of benzene rings is 3. The Morgan fingerprint density at radius 2 is 1.67 bits per heavy atom. The summed E-state index contributed by atoms with van der Waals surface area (Å²) in [4.78, 5) is 11.0. The van der Waals surface area contributed by atoms with Crippen LogP contribution in [0.3, 0.4) is 0 Å². The summed E-state index contributed by atoms with van der Waals surface area (Å²) in [5, 5.41) is 12.7. The van der Waals surface area contributed by atoms with Gasteiger partial charge in [0.05, 0.1) is 27.6 Å². The number of anilines is 1. The third-order valence-corrected chi connectivity index (χ3v) is 5.99. The maximum atomic E-state index is 12.9. The van der Waals surface area contributed by atoms with Crippen molar-refractivity contribution < 1.29 is 13.3 Å². The molecule has 0 amide bonds. The average Bonchev–Trinajstić information content (AvgIpc) is 2.79. The molecule has 3 aromatic rings. The molecule has 0 bridgehead atoms.